The van der Waals surface area contributed by atoms with Crippen LogP contribution in [0.4, 0.5) is 5.82 Å². The van der Waals surface area contributed by atoms with E-state index in [-0.39, 0.29) is 35.8 Å². The van der Waals surface area contributed by atoms with Crippen LogP contribution in [0.25, 0.3) is 0 Å². The molecular weight excluding hydrogens is 531 g/mol. The molecule has 3 rings (SSSR count). The molecule has 1 aromatic heterocycles. The van der Waals surface area contributed by atoms with Crippen molar-refractivity contribution < 1.29 is 9.53 Å². The molecule has 8 nitrogen and oxygen atoms in total. The number of nitrogens with one attached hydrogen (secondary N) is 2. The van der Waals surface area contributed by atoms with Crippen molar-refractivity contribution >= 4 is 41.7 Å². The average molecular weight is 566 g/mol. The maximum Gasteiger partial charge on any atom is 0.222 e. The van der Waals surface area contributed by atoms with Crippen LogP contribution in [0.2, 0.25) is 0 Å². The first-order valence-corrected chi connectivity index (χ1v) is 11.2. The molecule has 1 aliphatic rings. The fourth-order valence-electron chi connectivity index (χ4n) is 3.97. The molecule has 4 N–H and O–H groups in total. The zero-order chi connectivity index (χ0) is 22.8. The Morgan fingerprint density at radius 2 is 2.03 bits per heavy atom. The molecule has 0 spiro atoms. The summed E-state index contributed by atoms with van der Waals surface area (Å²) >= 11 is 0. The predicted octanol–water partition coefficient (Wildman–Crippen LogP) is 2.71. The van der Waals surface area contributed by atoms with E-state index in [2.05, 4.69) is 26.6 Å². The number of carbonyl (C=O) groups excluding carboxylic acids is 1. The van der Waals surface area contributed by atoms with Gasteiger partial charge in [-0.05, 0) is 43.9 Å². The van der Waals surface area contributed by atoms with Crippen LogP contribution in [0, 0.1) is 5.92 Å². The normalized spacial score (nSPS) is 16.0. The Morgan fingerprint density at radius 3 is 2.79 bits per heavy atom. The second-order valence-electron chi connectivity index (χ2n) is 7.86. The number of halogens is 1. The van der Waals surface area contributed by atoms with Crippen LogP contribution in [0.3, 0.4) is 0 Å². The zero-order valence-corrected chi connectivity index (χ0v) is 21.7. The highest BCUT2D eigenvalue weighted by Crippen LogP contribution is 2.25. The number of primary amides is 1. The van der Waals surface area contributed by atoms with Crippen LogP contribution in [-0.4, -0.2) is 50.1 Å². The Labute approximate surface area is 213 Å². The first kappa shape index (κ1) is 26.7. The van der Waals surface area contributed by atoms with Crippen molar-refractivity contribution in [1.29, 1.82) is 0 Å². The third kappa shape index (κ3) is 7.76. The highest BCUT2D eigenvalue weighted by atomic mass is 127. The largest absolute Gasteiger partial charge is 0.496 e. The Balaban J connectivity index is 0.00000385. The monoisotopic (exact) mass is 566 g/mol. The van der Waals surface area contributed by atoms with Crippen molar-refractivity contribution in [3.63, 3.8) is 0 Å². The molecule has 1 atom stereocenters. The number of methoxy groups -OCH3 is 1. The van der Waals surface area contributed by atoms with Gasteiger partial charge >= 0.3 is 0 Å². The summed E-state index contributed by atoms with van der Waals surface area (Å²) in [7, 11) is 1.69. The van der Waals surface area contributed by atoms with E-state index in [1.54, 1.807) is 13.3 Å². The molecule has 1 aliphatic heterocycles. The second-order valence-corrected chi connectivity index (χ2v) is 7.86. The van der Waals surface area contributed by atoms with Crippen LogP contribution in [0.5, 0.6) is 5.75 Å². The first-order valence-electron chi connectivity index (χ1n) is 11.2. The number of nitrogens with zero attached hydrogens (tertiary/aromatic N) is 3. The van der Waals surface area contributed by atoms with Gasteiger partial charge in [-0.1, -0.05) is 24.3 Å². The number of rotatable bonds is 9. The van der Waals surface area contributed by atoms with Crippen LogP contribution < -0.4 is 26.0 Å². The molecular formula is C24H35IN6O2. The highest BCUT2D eigenvalue weighted by molar-refractivity contribution is 14.0. The molecule has 33 heavy (non-hydrogen) atoms. The molecule has 180 valence electrons. The van der Waals surface area contributed by atoms with Gasteiger partial charge in [-0.2, -0.15) is 0 Å². The Morgan fingerprint density at radius 1 is 1.24 bits per heavy atom. The van der Waals surface area contributed by atoms with Crippen molar-refractivity contribution in [2.45, 2.75) is 32.7 Å². The number of aliphatic imine (C=N–C) groups is 1. The topological polar surface area (TPSA) is 105 Å². The van der Waals surface area contributed by atoms with E-state index in [9.17, 15) is 4.79 Å². The summed E-state index contributed by atoms with van der Waals surface area (Å²) in [4.78, 5) is 23.2. The van der Waals surface area contributed by atoms with E-state index in [0.29, 0.717) is 13.1 Å². The number of guanidine groups is 1. The van der Waals surface area contributed by atoms with Crippen LogP contribution in [0.15, 0.2) is 47.6 Å². The summed E-state index contributed by atoms with van der Waals surface area (Å²) in [5.74, 6) is 2.17. The molecule has 1 amide bonds. The fourth-order valence-corrected chi connectivity index (χ4v) is 3.97. The van der Waals surface area contributed by atoms with Gasteiger partial charge in [0.15, 0.2) is 5.96 Å². The minimum atomic E-state index is -0.237. The molecule has 1 fully saturated rings. The van der Waals surface area contributed by atoms with Crippen molar-refractivity contribution in [3.8, 4) is 5.75 Å². The lowest BCUT2D eigenvalue weighted by Crippen LogP contribution is -2.42. The summed E-state index contributed by atoms with van der Waals surface area (Å²) in [6.45, 7) is 5.52. The van der Waals surface area contributed by atoms with E-state index >= 15 is 0 Å². The third-order valence-corrected chi connectivity index (χ3v) is 5.62. The van der Waals surface area contributed by atoms with Crippen LogP contribution in [-0.2, 0) is 17.8 Å². The maximum atomic E-state index is 11.7. The van der Waals surface area contributed by atoms with Crippen molar-refractivity contribution in [3.05, 3.63) is 53.7 Å². The van der Waals surface area contributed by atoms with E-state index in [0.717, 1.165) is 67.6 Å². The van der Waals surface area contributed by atoms with E-state index in [1.807, 2.05) is 37.3 Å². The van der Waals surface area contributed by atoms with E-state index < -0.39 is 0 Å². The minimum absolute atomic E-state index is 0. The molecule has 2 heterocycles. The van der Waals surface area contributed by atoms with E-state index in [4.69, 9.17) is 15.5 Å². The van der Waals surface area contributed by atoms with Gasteiger partial charge in [0.1, 0.15) is 11.6 Å². The number of anilines is 1. The molecule has 2 aromatic rings. The van der Waals surface area contributed by atoms with Gasteiger partial charge in [-0.25, -0.2) is 9.98 Å². The lowest BCUT2D eigenvalue weighted by Gasteiger charge is -2.33. The highest BCUT2D eigenvalue weighted by Gasteiger charge is 2.25. The molecule has 1 unspecified atom stereocenters. The third-order valence-electron chi connectivity index (χ3n) is 5.62. The van der Waals surface area contributed by atoms with Crippen molar-refractivity contribution in [1.82, 2.24) is 15.6 Å². The van der Waals surface area contributed by atoms with Gasteiger partial charge in [-0.15, -0.1) is 24.0 Å². The number of hydrogen-bond acceptors (Lipinski definition) is 5. The number of amides is 1. The van der Waals surface area contributed by atoms with Gasteiger partial charge in [0, 0.05) is 37.9 Å². The summed E-state index contributed by atoms with van der Waals surface area (Å²) in [6, 6.07) is 12.0. The number of benzene rings is 1. The summed E-state index contributed by atoms with van der Waals surface area (Å²) in [6.07, 6.45) is 4.38. The van der Waals surface area contributed by atoms with Crippen LogP contribution in [0.1, 0.15) is 30.9 Å². The second kappa shape index (κ2) is 13.9. The Bertz CT molecular complexity index is 923. The predicted molar refractivity (Wildman–Crippen MR) is 143 cm³/mol. The standard InChI is InChI=1S/C24H34N6O2.HI/c1-3-26-24(28-14-12-18-8-4-5-11-21(18)32-2)29-16-19-9-6-13-27-23(19)30-15-7-10-20(17-30)22(25)31;/h4-6,8-9,11,13,20H,3,7,10,12,14-17H2,1-2H3,(H2,25,31)(H2,26,28,29);1H. The number of aromatic nitrogens is 1. The molecule has 0 aliphatic carbocycles. The molecule has 1 aromatic carbocycles. The number of ether oxygens (including phenoxy) is 1. The number of pyridine rings is 1. The number of hydrogen-bond donors (Lipinski definition) is 3. The maximum absolute atomic E-state index is 11.7. The average Bonchev–Trinajstić information content (AvgIpc) is 2.83. The number of piperidine rings is 1. The van der Waals surface area contributed by atoms with Gasteiger partial charge in [0.25, 0.3) is 0 Å². The molecule has 1 saturated heterocycles. The number of carbonyl (C=O) groups is 1. The minimum Gasteiger partial charge on any atom is -0.496 e. The molecule has 0 radical (unpaired) electrons. The quantitative estimate of drug-likeness (QED) is 0.245. The summed E-state index contributed by atoms with van der Waals surface area (Å²) in [5.41, 5.74) is 7.73. The van der Waals surface area contributed by atoms with Gasteiger partial charge in [0.2, 0.25) is 5.91 Å². The van der Waals surface area contributed by atoms with Gasteiger partial charge in [0.05, 0.1) is 19.6 Å². The lowest BCUT2D eigenvalue weighted by molar-refractivity contribution is -0.122. The molecule has 0 bridgehead atoms. The SMILES string of the molecule is CCNC(=NCc1cccnc1N1CCCC(C(N)=O)C1)NCCc1ccccc1OC.I. The smallest absolute Gasteiger partial charge is 0.222 e. The Kier molecular flexibility index (Phi) is 11.2. The van der Waals surface area contributed by atoms with Crippen LogP contribution >= 0.6 is 24.0 Å². The lowest BCUT2D eigenvalue weighted by atomic mass is 9.97. The van der Waals surface area contributed by atoms with Gasteiger partial charge < -0.3 is 26.0 Å². The van der Waals surface area contributed by atoms with Crippen molar-refractivity contribution in [2.75, 3.05) is 38.2 Å². The summed E-state index contributed by atoms with van der Waals surface area (Å²) in [5, 5.41) is 6.70. The van der Waals surface area contributed by atoms with E-state index in [1.165, 1.54) is 0 Å². The fraction of sp³-hybridized carbons (Fsp3) is 0.458. The molecule has 0 saturated carbocycles. The van der Waals surface area contributed by atoms with Gasteiger partial charge in [-0.3, -0.25) is 4.79 Å². The molecule has 9 heteroatoms. The first-order chi connectivity index (χ1) is 15.6. The zero-order valence-electron chi connectivity index (χ0n) is 19.4. The van der Waals surface area contributed by atoms with Crippen molar-refractivity contribution in [2.24, 2.45) is 16.6 Å². The number of nitrogens with two attached hydrogens (primary N) is 1. The summed E-state index contributed by atoms with van der Waals surface area (Å²) < 4.78 is 5.43. The Hall–Kier alpha value is -2.56. The number of para-hydroxylation sites is 1.